The van der Waals surface area contributed by atoms with Crippen molar-refractivity contribution in [3.05, 3.63) is 37.3 Å². The first kappa shape index (κ1) is 16.3. The van der Waals surface area contributed by atoms with E-state index in [4.69, 9.17) is 5.39 Å². The molecule has 0 saturated heterocycles. The van der Waals surface area contributed by atoms with E-state index < -0.39 is 12.2 Å². The number of halogens is 5. The molecule has 5 nitrogen and oxygen atoms in total. The summed E-state index contributed by atoms with van der Waals surface area (Å²) in [5, 5.41) is 19.0. The van der Waals surface area contributed by atoms with Crippen LogP contribution in [0.2, 0.25) is 0 Å². The minimum atomic E-state index is -6.00. The van der Waals surface area contributed by atoms with Crippen molar-refractivity contribution < 1.29 is 22.2 Å². The van der Waals surface area contributed by atoms with Crippen LogP contribution in [0.5, 0.6) is 0 Å². The fraction of sp³-hybridized carbons (Fsp3) is 0.143. The number of nitrogens with zero attached hydrogens (tertiary/aromatic N) is 3. The normalized spacial score (nSPS) is 10.1. The molecule has 0 fully saturated rings. The first-order valence-electron chi connectivity index (χ1n) is 4.23. The molecule has 18 heavy (non-hydrogen) atoms. The predicted molar refractivity (Wildman–Crippen MR) is 60.5 cm³/mol. The second-order valence-corrected chi connectivity index (χ2v) is 3.82. The minimum Gasteiger partial charge on any atom is -0.418 e. The Labute approximate surface area is 107 Å². The number of aryl methyl sites for hydroxylation is 1. The second kappa shape index (κ2) is 6.30. The first-order chi connectivity index (χ1) is 8.06. The highest BCUT2D eigenvalue weighted by molar-refractivity contribution is 9.10. The van der Waals surface area contributed by atoms with Crippen LogP contribution in [-0.4, -0.2) is 12.2 Å². The number of diazo groups is 1. The number of rotatable bonds is 1. The van der Waals surface area contributed by atoms with Crippen molar-refractivity contribution in [2.45, 2.75) is 6.92 Å². The van der Waals surface area contributed by atoms with Gasteiger partial charge < -0.3 is 17.3 Å². The van der Waals surface area contributed by atoms with Crippen LogP contribution in [-0.2, 0) is 0 Å². The molecule has 0 amide bonds. The van der Waals surface area contributed by atoms with Crippen LogP contribution in [0.1, 0.15) is 5.56 Å². The van der Waals surface area contributed by atoms with Crippen LogP contribution < -0.4 is 0 Å². The standard InChI is InChI=1S/C7H5BrN3O2.BF4/c1-4-2-5(8)7(10-9)6(3-4)11(12)13;2-1(3,4)5/h2-3H,1H3;/q+1;-1. The van der Waals surface area contributed by atoms with Crippen molar-refractivity contribution in [3.63, 3.8) is 0 Å². The molecule has 0 aliphatic rings. The Bertz CT molecular complexity index is 497. The lowest BCUT2D eigenvalue weighted by Crippen LogP contribution is -2.02. The Kier molecular flexibility index (Phi) is 5.70. The lowest BCUT2D eigenvalue weighted by molar-refractivity contribution is -0.383. The molecule has 1 aromatic rings. The molecule has 11 heteroatoms. The number of benzene rings is 1. The van der Waals surface area contributed by atoms with Gasteiger partial charge in [-0.15, -0.1) is 0 Å². The van der Waals surface area contributed by atoms with Crippen LogP contribution in [0.25, 0.3) is 4.98 Å². The topological polar surface area (TPSA) is 71.3 Å². The summed E-state index contributed by atoms with van der Waals surface area (Å²) in [7, 11) is -6.00. The summed E-state index contributed by atoms with van der Waals surface area (Å²) in [6.45, 7) is 1.72. The van der Waals surface area contributed by atoms with Crippen LogP contribution in [0, 0.1) is 22.4 Å². The first-order valence-corrected chi connectivity index (χ1v) is 5.02. The molecule has 0 bridgehead atoms. The van der Waals surface area contributed by atoms with E-state index in [9.17, 15) is 27.4 Å². The summed E-state index contributed by atoms with van der Waals surface area (Å²) in [5.74, 6) is 0. The monoisotopic (exact) mass is 329 g/mol. The van der Waals surface area contributed by atoms with Crippen LogP contribution in [0.4, 0.5) is 28.6 Å². The Hall–Kier alpha value is -1.70. The van der Waals surface area contributed by atoms with E-state index in [0.29, 0.717) is 4.47 Å². The zero-order valence-corrected chi connectivity index (χ0v) is 10.4. The van der Waals surface area contributed by atoms with Gasteiger partial charge in [0.05, 0.1) is 4.92 Å². The second-order valence-electron chi connectivity index (χ2n) is 2.97. The summed E-state index contributed by atoms with van der Waals surface area (Å²) >= 11 is 3.07. The van der Waals surface area contributed by atoms with Crippen LogP contribution >= 0.6 is 15.9 Å². The Morgan fingerprint density at radius 3 is 2.17 bits per heavy atom. The number of hydrogen-bond donors (Lipinski definition) is 0. The van der Waals surface area contributed by atoms with Gasteiger partial charge >= 0.3 is 18.6 Å². The smallest absolute Gasteiger partial charge is 0.418 e. The molecule has 0 radical (unpaired) electrons. The number of hydrogen-bond acceptors (Lipinski definition) is 3. The van der Waals surface area contributed by atoms with Gasteiger partial charge in [-0.05, 0) is 34.5 Å². The molecule has 0 N–H and O–H groups in total. The third-order valence-corrected chi connectivity index (χ3v) is 2.09. The SMILES string of the molecule is Cc1cc(Br)c([N+]#N)c([N+](=O)[O-])c1.F[B-](F)(F)F. The molecule has 0 spiro atoms. The van der Waals surface area contributed by atoms with Crippen molar-refractivity contribution in [1.82, 2.24) is 0 Å². The molecular formula is C7H5BBrF4N3O2. The maximum atomic E-state index is 10.5. The molecule has 0 aliphatic heterocycles. The highest BCUT2D eigenvalue weighted by Gasteiger charge is 2.28. The Morgan fingerprint density at radius 2 is 1.83 bits per heavy atom. The van der Waals surface area contributed by atoms with Crippen molar-refractivity contribution in [2.75, 3.05) is 0 Å². The van der Waals surface area contributed by atoms with Crippen LogP contribution in [0.3, 0.4) is 0 Å². The zero-order chi connectivity index (χ0) is 14.5. The van der Waals surface area contributed by atoms with Gasteiger partial charge in [-0.25, -0.2) is 0 Å². The molecule has 0 aromatic heterocycles. The third kappa shape index (κ3) is 6.14. The lowest BCUT2D eigenvalue weighted by Gasteiger charge is -1.94. The highest BCUT2D eigenvalue weighted by Crippen LogP contribution is 2.36. The van der Waals surface area contributed by atoms with E-state index in [-0.39, 0.29) is 11.4 Å². The minimum absolute atomic E-state index is 0.0596. The van der Waals surface area contributed by atoms with Gasteiger partial charge in [-0.1, -0.05) is 0 Å². The van der Waals surface area contributed by atoms with Gasteiger partial charge in [0.1, 0.15) is 4.47 Å². The van der Waals surface area contributed by atoms with Crippen molar-refractivity contribution in [1.29, 1.82) is 5.39 Å². The molecule has 1 aromatic carbocycles. The molecule has 0 atom stereocenters. The molecule has 0 aliphatic carbocycles. The highest BCUT2D eigenvalue weighted by atomic mass is 79.9. The molecule has 1 rings (SSSR count). The third-order valence-electron chi connectivity index (χ3n) is 1.48. The summed E-state index contributed by atoms with van der Waals surface area (Å²) in [6, 6.07) is 2.99. The average Bonchev–Trinajstić information content (AvgIpc) is 2.13. The van der Waals surface area contributed by atoms with Crippen molar-refractivity contribution in [3.8, 4) is 0 Å². The van der Waals surface area contributed by atoms with E-state index in [1.54, 1.807) is 13.0 Å². The summed E-state index contributed by atoms with van der Waals surface area (Å²) in [6.07, 6.45) is 0. The van der Waals surface area contributed by atoms with E-state index >= 15 is 0 Å². The van der Waals surface area contributed by atoms with Gasteiger partial charge in [0.2, 0.25) is 5.39 Å². The van der Waals surface area contributed by atoms with Crippen LogP contribution in [0.15, 0.2) is 16.6 Å². The van der Waals surface area contributed by atoms with Gasteiger partial charge in [-0.3, -0.25) is 10.1 Å². The predicted octanol–water partition coefficient (Wildman–Crippen LogP) is 4.45. The average molecular weight is 330 g/mol. The van der Waals surface area contributed by atoms with Crippen molar-refractivity contribution in [2.24, 2.45) is 0 Å². The Morgan fingerprint density at radius 1 is 1.39 bits per heavy atom. The van der Waals surface area contributed by atoms with E-state index in [1.807, 2.05) is 0 Å². The molecule has 0 heterocycles. The molecule has 0 unspecified atom stereocenters. The fourth-order valence-corrected chi connectivity index (χ4v) is 1.60. The Balaban J connectivity index is 0.000000494. The van der Waals surface area contributed by atoms with E-state index in [2.05, 4.69) is 20.9 Å². The van der Waals surface area contributed by atoms with Gasteiger partial charge in [0.15, 0.2) is 4.98 Å². The maximum absolute atomic E-state index is 10.5. The van der Waals surface area contributed by atoms with E-state index in [0.717, 1.165) is 5.56 Å². The fourth-order valence-electron chi connectivity index (χ4n) is 0.954. The molecule has 98 valence electrons. The summed E-state index contributed by atoms with van der Waals surface area (Å²) in [5.41, 5.74) is 0.455. The summed E-state index contributed by atoms with van der Waals surface area (Å²) in [4.78, 5) is 12.8. The lowest BCUT2D eigenvalue weighted by atomic mass is 10.2. The van der Waals surface area contributed by atoms with E-state index in [1.165, 1.54) is 6.07 Å². The maximum Gasteiger partial charge on any atom is 0.673 e. The van der Waals surface area contributed by atoms with Gasteiger partial charge in [0.25, 0.3) is 0 Å². The number of nitro groups is 1. The van der Waals surface area contributed by atoms with Crippen molar-refractivity contribution >= 4 is 34.6 Å². The molecule has 0 saturated carbocycles. The largest absolute Gasteiger partial charge is 0.673 e. The zero-order valence-electron chi connectivity index (χ0n) is 8.78. The van der Waals surface area contributed by atoms with Gasteiger partial charge in [-0.2, -0.15) is 0 Å². The summed E-state index contributed by atoms with van der Waals surface area (Å²) < 4.78 is 39.4. The molecular weight excluding hydrogens is 325 g/mol. The van der Waals surface area contributed by atoms with Gasteiger partial charge in [0, 0.05) is 6.07 Å². The quantitative estimate of drug-likeness (QED) is 0.251. The number of nitro benzene ring substituents is 1.